The van der Waals surface area contributed by atoms with E-state index in [1.54, 1.807) is 0 Å². The summed E-state index contributed by atoms with van der Waals surface area (Å²) >= 11 is 0. The quantitative estimate of drug-likeness (QED) is 0.537. The maximum Gasteiger partial charge on any atom is 0.0562 e. The Bertz CT molecular complexity index is 349. The molecule has 0 aliphatic heterocycles. The van der Waals surface area contributed by atoms with Crippen LogP contribution < -0.4 is 10.2 Å². The fourth-order valence-electron chi connectivity index (χ4n) is 1.90. The topological polar surface area (TPSA) is 28.2 Å². The lowest BCUT2D eigenvalue weighted by Crippen LogP contribution is -2.24. The zero-order chi connectivity index (χ0) is 13.2. The van der Waals surface area contributed by atoms with Gasteiger partial charge in [-0.25, -0.2) is 0 Å². The van der Waals surface area contributed by atoms with Gasteiger partial charge in [0.25, 0.3) is 0 Å². The highest BCUT2D eigenvalue weighted by molar-refractivity contribution is 5.47. The average molecular weight is 247 g/mol. The van der Waals surface area contributed by atoms with Gasteiger partial charge in [-0.1, -0.05) is 19.9 Å². The number of anilines is 1. The molecule has 0 fully saturated rings. The Hall–Kier alpha value is -1.35. The van der Waals surface area contributed by atoms with Crippen LogP contribution in [0, 0.1) is 0 Å². The van der Waals surface area contributed by atoms with E-state index in [1.165, 1.54) is 5.69 Å². The Morgan fingerprint density at radius 3 is 2.89 bits per heavy atom. The zero-order valence-corrected chi connectivity index (χ0v) is 11.7. The van der Waals surface area contributed by atoms with Gasteiger partial charge in [0.15, 0.2) is 0 Å². The standard InChI is InChI=1S/C15H25N3/c1-4-8-16-13-14-12-15(7-9-17-14)18(10-5-2)11-6-3/h5,7,9,12,16H,2,4,6,8,10-11,13H2,1,3H3. The smallest absolute Gasteiger partial charge is 0.0562 e. The van der Waals surface area contributed by atoms with Crippen LogP contribution in [-0.2, 0) is 6.54 Å². The average Bonchev–Trinajstić information content (AvgIpc) is 2.39. The highest BCUT2D eigenvalue weighted by Gasteiger charge is 2.04. The van der Waals surface area contributed by atoms with Gasteiger partial charge in [0.05, 0.1) is 5.69 Å². The second-order valence-corrected chi connectivity index (χ2v) is 4.42. The number of pyridine rings is 1. The van der Waals surface area contributed by atoms with Crippen LogP contribution in [0.2, 0.25) is 0 Å². The fraction of sp³-hybridized carbons (Fsp3) is 0.533. The Labute approximate surface area is 111 Å². The number of hydrogen-bond acceptors (Lipinski definition) is 3. The van der Waals surface area contributed by atoms with Gasteiger partial charge in [-0.2, -0.15) is 0 Å². The van der Waals surface area contributed by atoms with Crippen molar-refractivity contribution in [1.82, 2.24) is 10.3 Å². The van der Waals surface area contributed by atoms with Crippen molar-refractivity contribution in [3.63, 3.8) is 0 Å². The van der Waals surface area contributed by atoms with E-state index in [-0.39, 0.29) is 0 Å². The summed E-state index contributed by atoms with van der Waals surface area (Å²) in [7, 11) is 0. The third kappa shape index (κ3) is 4.88. The van der Waals surface area contributed by atoms with Crippen molar-refractivity contribution in [3.8, 4) is 0 Å². The summed E-state index contributed by atoms with van der Waals surface area (Å²) in [5.74, 6) is 0. The summed E-state index contributed by atoms with van der Waals surface area (Å²) in [4.78, 5) is 6.73. The van der Waals surface area contributed by atoms with Gasteiger partial charge in [0, 0.05) is 31.5 Å². The molecule has 0 aliphatic rings. The van der Waals surface area contributed by atoms with E-state index in [2.05, 4.69) is 47.8 Å². The SMILES string of the molecule is C=CCN(CCC)c1ccnc(CNCCC)c1. The van der Waals surface area contributed by atoms with Crippen LogP contribution in [0.3, 0.4) is 0 Å². The Morgan fingerprint density at radius 1 is 1.39 bits per heavy atom. The van der Waals surface area contributed by atoms with Crippen molar-refractivity contribution >= 4 is 5.69 Å². The molecule has 0 atom stereocenters. The largest absolute Gasteiger partial charge is 0.368 e. The van der Waals surface area contributed by atoms with Crippen molar-refractivity contribution in [2.45, 2.75) is 33.2 Å². The molecule has 0 saturated heterocycles. The normalized spacial score (nSPS) is 10.3. The van der Waals surface area contributed by atoms with Gasteiger partial charge >= 0.3 is 0 Å². The van der Waals surface area contributed by atoms with E-state index >= 15 is 0 Å². The van der Waals surface area contributed by atoms with Crippen molar-refractivity contribution in [3.05, 3.63) is 36.7 Å². The molecule has 1 aromatic rings. The lowest BCUT2D eigenvalue weighted by Gasteiger charge is -2.23. The lowest BCUT2D eigenvalue weighted by molar-refractivity contribution is 0.664. The van der Waals surface area contributed by atoms with Gasteiger partial charge in [-0.05, 0) is 31.5 Å². The molecule has 1 N–H and O–H groups in total. The van der Waals surface area contributed by atoms with Crippen LogP contribution in [0.25, 0.3) is 0 Å². The molecule has 0 aliphatic carbocycles. The number of rotatable bonds is 9. The van der Waals surface area contributed by atoms with Crippen molar-refractivity contribution in [2.24, 2.45) is 0 Å². The van der Waals surface area contributed by atoms with Crippen LogP contribution in [0.1, 0.15) is 32.4 Å². The van der Waals surface area contributed by atoms with Crippen LogP contribution in [0.5, 0.6) is 0 Å². The van der Waals surface area contributed by atoms with E-state index in [0.29, 0.717) is 0 Å². The summed E-state index contributed by atoms with van der Waals surface area (Å²) in [6.45, 7) is 12.0. The predicted molar refractivity (Wildman–Crippen MR) is 78.9 cm³/mol. The van der Waals surface area contributed by atoms with E-state index in [4.69, 9.17) is 0 Å². The molecule has 0 unspecified atom stereocenters. The molecule has 3 nitrogen and oxygen atoms in total. The van der Waals surface area contributed by atoms with Crippen LogP contribution in [0.4, 0.5) is 5.69 Å². The summed E-state index contributed by atoms with van der Waals surface area (Å²) in [5, 5.41) is 3.38. The zero-order valence-electron chi connectivity index (χ0n) is 11.7. The first-order valence-electron chi connectivity index (χ1n) is 6.83. The van der Waals surface area contributed by atoms with Crippen LogP contribution in [0.15, 0.2) is 31.0 Å². The van der Waals surface area contributed by atoms with Crippen molar-refractivity contribution in [1.29, 1.82) is 0 Å². The summed E-state index contributed by atoms with van der Waals surface area (Å²) in [5.41, 5.74) is 2.34. The molecular formula is C15H25N3. The van der Waals surface area contributed by atoms with Gasteiger partial charge in [0.2, 0.25) is 0 Å². The number of aromatic nitrogens is 1. The molecule has 0 aromatic carbocycles. The first kappa shape index (κ1) is 14.7. The molecule has 0 radical (unpaired) electrons. The molecule has 1 heterocycles. The van der Waals surface area contributed by atoms with Crippen LogP contribution in [-0.4, -0.2) is 24.6 Å². The summed E-state index contributed by atoms with van der Waals surface area (Å²) in [6.07, 6.45) is 6.13. The maximum atomic E-state index is 4.40. The highest BCUT2D eigenvalue weighted by Crippen LogP contribution is 2.15. The predicted octanol–water partition coefficient (Wildman–Crippen LogP) is 2.98. The third-order valence-corrected chi connectivity index (χ3v) is 2.74. The van der Waals surface area contributed by atoms with Crippen molar-refractivity contribution < 1.29 is 0 Å². The Kier molecular flexibility index (Phi) is 7.11. The second-order valence-electron chi connectivity index (χ2n) is 4.42. The second kappa shape index (κ2) is 8.70. The molecule has 0 bridgehead atoms. The summed E-state index contributed by atoms with van der Waals surface area (Å²) in [6, 6.07) is 4.24. The maximum absolute atomic E-state index is 4.40. The highest BCUT2D eigenvalue weighted by atomic mass is 15.1. The van der Waals surface area contributed by atoms with Gasteiger partial charge in [-0.3, -0.25) is 4.98 Å². The third-order valence-electron chi connectivity index (χ3n) is 2.74. The van der Waals surface area contributed by atoms with E-state index in [9.17, 15) is 0 Å². The molecule has 1 aromatic heterocycles. The summed E-state index contributed by atoms with van der Waals surface area (Å²) < 4.78 is 0. The van der Waals surface area contributed by atoms with Gasteiger partial charge < -0.3 is 10.2 Å². The minimum atomic E-state index is 0.843. The van der Waals surface area contributed by atoms with E-state index < -0.39 is 0 Å². The van der Waals surface area contributed by atoms with Gasteiger partial charge in [-0.15, -0.1) is 6.58 Å². The molecule has 0 spiro atoms. The van der Waals surface area contributed by atoms with Crippen LogP contribution >= 0.6 is 0 Å². The first-order chi connectivity index (χ1) is 8.81. The number of nitrogens with one attached hydrogen (secondary N) is 1. The number of hydrogen-bond donors (Lipinski definition) is 1. The van der Waals surface area contributed by atoms with E-state index in [1.807, 2.05) is 12.3 Å². The van der Waals surface area contributed by atoms with Gasteiger partial charge in [0.1, 0.15) is 0 Å². The number of nitrogens with zero attached hydrogens (tertiary/aromatic N) is 2. The van der Waals surface area contributed by atoms with Crippen molar-refractivity contribution in [2.75, 3.05) is 24.5 Å². The molecule has 18 heavy (non-hydrogen) atoms. The Morgan fingerprint density at radius 2 is 2.22 bits per heavy atom. The molecular weight excluding hydrogens is 222 g/mol. The minimum absolute atomic E-state index is 0.843. The molecule has 0 saturated carbocycles. The lowest BCUT2D eigenvalue weighted by atomic mass is 10.2. The first-order valence-corrected chi connectivity index (χ1v) is 6.83. The Balaban J connectivity index is 2.68. The molecule has 0 amide bonds. The minimum Gasteiger partial charge on any atom is -0.368 e. The van der Waals surface area contributed by atoms with E-state index in [0.717, 1.165) is 44.7 Å². The monoisotopic (exact) mass is 247 g/mol. The fourth-order valence-corrected chi connectivity index (χ4v) is 1.90. The molecule has 3 heteroatoms. The molecule has 1 rings (SSSR count). The molecule has 100 valence electrons.